The smallest absolute Gasteiger partial charge is 0.0202 e. The molecule has 0 bridgehead atoms. The van der Waals surface area contributed by atoms with E-state index in [9.17, 15) is 0 Å². The van der Waals surface area contributed by atoms with Gasteiger partial charge in [-0.15, -0.1) is 0 Å². The summed E-state index contributed by atoms with van der Waals surface area (Å²) in [4.78, 5) is 0. The Balaban J connectivity index is 1.78. The second-order valence-corrected chi connectivity index (χ2v) is 6.19. The van der Waals surface area contributed by atoms with Crippen molar-refractivity contribution in [2.45, 2.75) is 44.6 Å². The first-order valence-corrected chi connectivity index (χ1v) is 8.21. The van der Waals surface area contributed by atoms with Gasteiger partial charge in [0.25, 0.3) is 0 Å². The second kappa shape index (κ2) is 6.91. The van der Waals surface area contributed by atoms with Crippen molar-refractivity contribution < 1.29 is 0 Å². The third-order valence-corrected chi connectivity index (χ3v) is 4.63. The third-order valence-electron chi connectivity index (χ3n) is 4.63. The van der Waals surface area contributed by atoms with Crippen LogP contribution in [-0.2, 0) is 6.54 Å². The van der Waals surface area contributed by atoms with Crippen molar-refractivity contribution in [3.63, 3.8) is 0 Å². The molecule has 1 aliphatic carbocycles. The Morgan fingerprint density at radius 3 is 2.38 bits per heavy atom. The van der Waals surface area contributed by atoms with Gasteiger partial charge in [0.15, 0.2) is 0 Å². The molecule has 0 radical (unpaired) electrons. The molecule has 1 saturated carbocycles. The van der Waals surface area contributed by atoms with Crippen LogP contribution >= 0.6 is 0 Å². The average Bonchev–Trinajstić information content (AvgIpc) is 2.56. The van der Waals surface area contributed by atoms with Crippen LogP contribution in [0, 0.1) is 0 Å². The summed E-state index contributed by atoms with van der Waals surface area (Å²) in [6, 6.07) is 18.1. The van der Waals surface area contributed by atoms with Crippen molar-refractivity contribution in [2.24, 2.45) is 0 Å². The van der Waals surface area contributed by atoms with Gasteiger partial charge < -0.3 is 5.32 Å². The first kappa shape index (κ1) is 14.3. The molecular formula is C20H25N. The van der Waals surface area contributed by atoms with Crippen molar-refractivity contribution >= 4 is 0 Å². The molecule has 1 fully saturated rings. The molecule has 1 nitrogen and oxygen atoms in total. The predicted octanol–water partition coefficient (Wildman–Crippen LogP) is 5.12. The second-order valence-electron chi connectivity index (χ2n) is 6.19. The third kappa shape index (κ3) is 3.54. The highest BCUT2D eigenvalue weighted by Gasteiger charge is 2.15. The fourth-order valence-electron chi connectivity index (χ4n) is 3.45. The number of hydrogen-bond acceptors (Lipinski definition) is 1. The van der Waals surface area contributed by atoms with Gasteiger partial charge in [-0.1, -0.05) is 61.7 Å². The molecule has 21 heavy (non-hydrogen) atoms. The zero-order chi connectivity index (χ0) is 14.5. The quantitative estimate of drug-likeness (QED) is 0.819. The van der Waals surface area contributed by atoms with Gasteiger partial charge in [-0.25, -0.2) is 0 Å². The molecule has 1 aliphatic rings. The molecule has 1 N–H and O–H groups in total. The number of hydrogen-bond donors (Lipinski definition) is 1. The molecule has 0 amide bonds. The first-order chi connectivity index (χ1) is 10.4. The van der Waals surface area contributed by atoms with E-state index < -0.39 is 0 Å². The molecule has 110 valence electrons. The van der Waals surface area contributed by atoms with Crippen LogP contribution in [0.3, 0.4) is 0 Å². The number of benzene rings is 2. The molecule has 3 rings (SSSR count). The number of rotatable bonds is 4. The Labute approximate surface area is 128 Å². The van der Waals surface area contributed by atoms with Crippen molar-refractivity contribution in [3.8, 4) is 11.1 Å². The summed E-state index contributed by atoms with van der Waals surface area (Å²) in [5.41, 5.74) is 5.52. The van der Waals surface area contributed by atoms with Crippen molar-refractivity contribution in [2.75, 3.05) is 7.05 Å². The summed E-state index contributed by atoms with van der Waals surface area (Å²) < 4.78 is 0. The topological polar surface area (TPSA) is 12.0 Å². The molecule has 0 atom stereocenters. The molecule has 0 spiro atoms. The lowest BCUT2D eigenvalue weighted by Crippen LogP contribution is -2.05. The van der Waals surface area contributed by atoms with Gasteiger partial charge in [-0.05, 0) is 54.1 Å². The molecule has 2 aromatic rings. The summed E-state index contributed by atoms with van der Waals surface area (Å²) in [6.45, 7) is 0.925. The van der Waals surface area contributed by atoms with Gasteiger partial charge in [0, 0.05) is 6.54 Å². The zero-order valence-electron chi connectivity index (χ0n) is 12.9. The molecule has 2 aromatic carbocycles. The van der Waals surface area contributed by atoms with Crippen LogP contribution in [0.4, 0.5) is 0 Å². The normalized spacial score (nSPS) is 16.0. The number of nitrogens with one attached hydrogen (secondary N) is 1. The molecule has 0 unspecified atom stereocenters. The lowest BCUT2D eigenvalue weighted by molar-refractivity contribution is 0.443. The highest BCUT2D eigenvalue weighted by Crippen LogP contribution is 2.33. The largest absolute Gasteiger partial charge is 0.316 e. The minimum absolute atomic E-state index is 0.795. The van der Waals surface area contributed by atoms with Gasteiger partial charge in [-0.3, -0.25) is 0 Å². The Morgan fingerprint density at radius 1 is 0.905 bits per heavy atom. The minimum Gasteiger partial charge on any atom is -0.316 e. The van der Waals surface area contributed by atoms with Crippen LogP contribution < -0.4 is 5.32 Å². The van der Waals surface area contributed by atoms with E-state index >= 15 is 0 Å². The SMILES string of the molecule is CNCc1cccc(-c2ccc(C3CCCCC3)cc2)c1. The van der Waals surface area contributed by atoms with E-state index in [1.807, 2.05) is 7.05 Å². The summed E-state index contributed by atoms with van der Waals surface area (Å²) in [6.07, 6.45) is 6.97. The van der Waals surface area contributed by atoms with Crippen LogP contribution in [0.15, 0.2) is 48.5 Å². The molecule has 0 heterocycles. The maximum absolute atomic E-state index is 3.21. The van der Waals surface area contributed by atoms with Crippen LogP contribution in [0.1, 0.15) is 49.1 Å². The van der Waals surface area contributed by atoms with E-state index in [-0.39, 0.29) is 0 Å². The van der Waals surface area contributed by atoms with E-state index in [0.717, 1.165) is 12.5 Å². The fraction of sp³-hybridized carbons (Fsp3) is 0.400. The lowest BCUT2D eigenvalue weighted by Gasteiger charge is -2.22. The summed E-state index contributed by atoms with van der Waals surface area (Å²) in [5.74, 6) is 0.795. The van der Waals surface area contributed by atoms with Crippen LogP contribution in [0.25, 0.3) is 11.1 Å². The van der Waals surface area contributed by atoms with Gasteiger partial charge in [0.05, 0.1) is 0 Å². The van der Waals surface area contributed by atoms with Gasteiger partial charge in [-0.2, -0.15) is 0 Å². The zero-order valence-corrected chi connectivity index (χ0v) is 12.9. The molecular weight excluding hydrogens is 254 g/mol. The van der Waals surface area contributed by atoms with Crippen molar-refractivity contribution in [3.05, 3.63) is 59.7 Å². The Morgan fingerprint density at radius 2 is 1.67 bits per heavy atom. The molecule has 0 aliphatic heterocycles. The minimum atomic E-state index is 0.795. The highest BCUT2D eigenvalue weighted by atomic mass is 14.8. The Kier molecular flexibility index (Phi) is 4.72. The summed E-state index contributed by atoms with van der Waals surface area (Å²) in [7, 11) is 1.99. The van der Waals surface area contributed by atoms with Crippen LogP contribution in [0.2, 0.25) is 0 Å². The van der Waals surface area contributed by atoms with E-state index in [1.165, 1.54) is 54.4 Å². The maximum atomic E-state index is 3.21. The molecule has 0 aromatic heterocycles. The highest BCUT2D eigenvalue weighted by molar-refractivity contribution is 5.64. The molecule has 1 heteroatoms. The van der Waals surface area contributed by atoms with Crippen molar-refractivity contribution in [1.82, 2.24) is 5.32 Å². The Bertz CT molecular complexity index is 565. The fourth-order valence-corrected chi connectivity index (χ4v) is 3.45. The van der Waals surface area contributed by atoms with Crippen LogP contribution in [-0.4, -0.2) is 7.05 Å². The lowest BCUT2D eigenvalue weighted by atomic mass is 9.83. The van der Waals surface area contributed by atoms with Gasteiger partial charge in [0.2, 0.25) is 0 Å². The van der Waals surface area contributed by atoms with E-state index in [0.29, 0.717) is 0 Å². The van der Waals surface area contributed by atoms with E-state index in [1.54, 1.807) is 0 Å². The monoisotopic (exact) mass is 279 g/mol. The predicted molar refractivity (Wildman–Crippen MR) is 90.5 cm³/mol. The average molecular weight is 279 g/mol. The summed E-state index contributed by atoms with van der Waals surface area (Å²) in [5, 5.41) is 3.21. The van der Waals surface area contributed by atoms with E-state index in [2.05, 4.69) is 53.8 Å². The standard InChI is InChI=1S/C20H25N/c1-21-15-16-6-5-9-20(14-16)19-12-10-18(11-13-19)17-7-3-2-4-8-17/h5-6,9-14,17,21H,2-4,7-8,15H2,1H3. The first-order valence-electron chi connectivity index (χ1n) is 8.21. The van der Waals surface area contributed by atoms with Gasteiger partial charge >= 0.3 is 0 Å². The van der Waals surface area contributed by atoms with Gasteiger partial charge in [0.1, 0.15) is 0 Å². The van der Waals surface area contributed by atoms with Crippen LogP contribution in [0.5, 0.6) is 0 Å². The Hall–Kier alpha value is -1.60. The van der Waals surface area contributed by atoms with Crippen molar-refractivity contribution in [1.29, 1.82) is 0 Å². The van der Waals surface area contributed by atoms with E-state index in [4.69, 9.17) is 0 Å². The summed E-state index contributed by atoms with van der Waals surface area (Å²) >= 11 is 0. The molecule has 0 saturated heterocycles. The maximum Gasteiger partial charge on any atom is 0.0202 e.